The summed E-state index contributed by atoms with van der Waals surface area (Å²) < 4.78 is 0. The maximum Gasteiger partial charge on any atom is 0.321 e. The highest BCUT2D eigenvalue weighted by atomic mass is 35.5. The number of urea groups is 1. The number of anilines is 1. The second kappa shape index (κ2) is 7.46. The fourth-order valence-electron chi connectivity index (χ4n) is 3.37. The summed E-state index contributed by atoms with van der Waals surface area (Å²) in [6.45, 7) is 3.48. The Hall–Kier alpha value is -2.04. The molecule has 0 bridgehead atoms. The van der Waals surface area contributed by atoms with Crippen LogP contribution < -0.4 is 5.32 Å². The molecule has 1 fully saturated rings. The highest BCUT2D eigenvalue weighted by Gasteiger charge is 2.37. The SMILES string of the molecule is Cc1ccc(C2CN(C(=O)Nc3ccccc3Cl)CC2N(C)C)cc1. The van der Waals surface area contributed by atoms with E-state index in [-0.39, 0.29) is 6.03 Å². The molecule has 0 radical (unpaired) electrons. The zero-order valence-electron chi connectivity index (χ0n) is 14.9. The molecule has 2 atom stereocenters. The number of likely N-dealkylation sites (tertiary alicyclic amines) is 1. The number of nitrogens with one attached hydrogen (secondary N) is 1. The topological polar surface area (TPSA) is 35.6 Å². The van der Waals surface area contributed by atoms with Gasteiger partial charge in [-0.15, -0.1) is 0 Å². The van der Waals surface area contributed by atoms with E-state index >= 15 is 0 Å². The summed E-state index contributed by atoms with van der Waals surface area (Å²) in [4.78, 5) is 16.8. The van der Waals surface area contributed by atoms with E-state index in [4.69, 9.17) is 11.6 Å². The number of amides is 2. The molecule has 0 aromatic heterocycles. The van der Waals surface area contributed by atoms with E-state index in [2.05, 4.69) is 55.5 Å². The van der Waals surface area contributed by atoms with Gasteiger partial charge in [0.05, 0.1) is 10.7 Å². The van der Waals surface area contributed by atoms with Crippen molar-refractivity contribution >= 4 is 23.3 Å². The van der Waals surface area contributed by atoms with Crippen LogP contribution in [0.2, 0.25) is 5.02 Å². The molecule has 132 valence electrons. The maximum absolute atomic E-state index is 12.7. The van der Waals surface area contributed by atoms with Crippen molar-refractivity contribution in [3.63, 3.8) is 0 Å². The molecule has 0 saturated carbocycles. The van der Waals surface area contributed by atoms with Gasteiger partial charge in [-0.05, 0) is 38.7 Å². The van der Waals surface area contributed by atoms with Gasteiger partial charge in [0.1, 0.15) is 0 Å². The lowest BCUT2D eigenvalue weighted by atomic mass is 9.93. The number of likely N-dealkylation sites (N-methyl/N-ethyl adjacent to an activating group) is 1. The summed E-state index contributed by atoms with van der Waals surface area (Å²) in [5.41, 5.74) is 3.17. The van der Waals surface area contributed by atoms with Crippen molar-refractivity contribution in [1.82, 2.24) is 9.80 Å². The zero-order chi connectivity index (χ0) is 18.0. The third-order valence-corrected chi connectivity index (χ3v) is 5.19. The largest absolute Gasteiger partial charge is 0.322 e. The molecule has 5 heteroatoms. The van der Waals surface area contributed by atoms with Gasteiger partial charge in [-0.25, -0.2) is 4.79 Å². The molecule has 4 nitrogen and oxygen atoms in total. The first-order valence-corrected chi connectivity index (χ1v) is 8.87. The minimum absolute atomic E-state index is 0.102. The average molecular weight is 358 g/mol. The normalized spacial score (nSPS) is 20.1. The second-order valence-electron chi connectivity index (χ2n) is 6.86. The van der Waals surface area contributed by atoms with Gasteiger partial charge in [0, 0.05) is 25.0 Å². The van der Waals surface area contributed by atoms with Crippen molar-refractivity contribution in [2.45, 2.75) is 18.9 Å². The van der Waals surface area contributed by atoms with Crippen LogP contribution in [0.25, 0.3) is 0 Å². The van der Waals surface area contributed by atoms with E-state index in [9.17, 15) is 4.79 Å². The van der Waals surface area contributed by atoms with Gasteiger partial charge in [-0.1, -0.05) is 53.6 Å². The first-order valence-electron chi connectivity index (χ1n) is 8.49. The van der Waals surface area contributed by atoms with Gasteiger partial charge in [0.15, 0.2) is 0 Å². The van der Waals surface area contributed by atoms with Crippen molar-refractivity contribution in [3.05, 3.63) is 64.7 Å². The zero-order valence-corrected chi connectivity index (χ0v) is 15.6. The van der Waals surface area contributed by atoms with Crippen LogP contribution in [0.15, 0.2) is 48.5 Å². The van der Waals surface area contributed by atoms with Crippen LogP contribution in [-0.2, 0) is 0 Å². The fourth-order valence-corrected chi connectivity index (χ4v) is 3.56. The molecule has 2 amide bonds. The van der Waals surface area contributed by atoms with Crippen LogP contribution in [0, 0.1) is 6.92 Å². The highest BCUT2D eigenvalue weighted by Crippen LogP contribution is 2.31. The molecule has 0 spiro atoms. The van der Waals surface area contributed by atoms with Gasteiger partial charge in [-0.3, -0.25) is 0 Å². The number of rotatable bonds is 3. The molecule has 2 aromatic carbocycles. The number of aryl methyl sites for hydroxylation is 1. The number of hydrogen-bond acceptors (Lipinski definition) is 2. The van der Waals surface area contributed by atoms with Gasteiger partial charge in [-0.2, -0.15) is 0 Å². The second-order valence-corrected chi connectivity index (χ2v) is 7.27. The van der Waals surface area contributed by atoms with Crippen LogP contribution >= 0.6 is 11.6 Å². The molecule has 3 rings (SSSR count). The Bertz CT molecular complexity index is 745. The fraction of sp³-hybridized carbons (Fsp3) is 0.350. The number of hydrogen-bond donors (Lipinski definition) is 1. The van der Waals surface area contributed by atoms with Gasteiger partial charge in [0.2, 0.25) is 0 Å². The van der Waals surface area contributed by atoms with E-state index in [0.717, 1.165) is 0 Å². The Morgan fingerprint density at radius 2 is 1.80 bits per heavy atom. The van der Waals surface area contributed by atoms with Crippen LogP contribution in [-0.4, -0.2) is 49.1 Å². The number of halogens is 1. The minimum Gasteiger partial charge on any atom is -0.322 e. The van der Waals surface area contributed by atoms with E-state index in [0.29, 0.717) is 35.8 Å². The predicted octanol–water partition coefficient (Wildman–Crippen LogP) is 4.21. The number of para-hydroxylation sites is 1. The van der Waals surface area contributed by atoms with E-state index in [1.165, 1.54) is 11.1 Å². The van der Waals surface area contributed by atoms with Crippen molar-refractivity contribution in [2.24, 2.45) is 0 Å². The number of nitrogens with zero attached hydrogens (tertiary/aromatic N) is 2. The smallest absolute Gasteiger partial charge is 0.321 e. The molecular formula is C20H24ClN3O. The number of benzene rings is 2. The van der Waals surface area contributed by atoms with E-state index in [1.54, 1.807) is 6.07 Å². The Kier molecular flexibility index (Phi) is 5.30. The standard InChI is InChI=1S/C20H24ClN3O/c1-14-8-10-15(11-9-14)16-12-24(13-19(16)23(2)3)20(25)22-18-7-5-4-6-17(18)21/h4-11,16,19H,12-13H2,1-3H3,(H,22,25). The summed E-state index contributed by atoms with van der Waals surface area (Å²) in [5.74, 6) is 0.299. The Morgan fingerprint density at radius 1 is 1.12 bits per heavy atom. The average Bonchev–Trinajstić information content (AvgIpc) is 3.03. The molecule has 2 aromatic rings. The Balaban J connectivity index is 1.76. The quantitative estimate of drug-likeness (QED) is 0.893. The molecule has 25 heavy (non-hydrogen) atoms. The van der Waals surface area contributed by atoms with Crippen LogP contribution in [0.3, 0.4) is 0 Å². The number of carbonyl (C=O) groups excluding carboxylic acids is 1. The van der Waals surface area contributed by atoms with E-state index in [1.807, 2.05) is 23.1 Å². The molecule has 1 N–H and O–H groups in total. The number of carbonyl (C=O) groups is 1. The Morgan fingerprint density at radius 3 is 2.44 bits per heavy atom. The lowest BCUT2D eigenvalue weighted by Gasteiger charge is -2.25. The van der Waals surface area contributed by atoms with Crippen LogP contribution in [0.1, 0.15) is 17.0 Å². The molecule has 0 aliphatic carbocycles. The van der Waals surface area contributed by atoms with Gasteiger partial charge in [0.25, 0.3) is 0 Å². The van der Waals surface area contributed by atoms with Crippen molar-refractivity contribution in [2.75, 3.05) is 32.5 Å². The summed E-state index contributed by atoms with van der Waals surface area (Å²) >= 11 is 6.15. The molecule has 1 saturated heterocycles. The van der Waals surface area contributed by atoms with Crippen LogP contribution in [0.4, 0.5) is 10.5 Å². The molecular weight excluding hydrogens is 334 g/mol. The van der Waals surface area contributed by atoms with Gasteiger partial charge >= 0.3 is 6.03 Å². The molecule has 1 aliphatic rings. The van der Waals surface area contributed by atoms with Crippen LogP contribution in [0.5, 0.6) is 0 Å². The summed E-state index contributed by atoms with van der Waals surface area (Å²) in [6, 6.07) is 16.1. The first-order chi connectivity index (χ1) is 12.0. The summed E-state index contributed by atoms with van der Waals surface area (Å²) in [5, 5.41) is 3.48. The van der Waals surface area contributed by atoms with Crippen molar-refractivity contribution in [3.8, 4) is 0 Å². The summed E-state index contributed by atoms with van der Waals surface area (Å²) in [7, 11) is 4.14. The van der Waals surface area contributed by atoms with Crippen molar-refractivity contribution < 1.29 is 4.79 Å². The minimum atomic E-state index is -0.102. The van der Waals surface area contributed by atoms with Crippen molar-refractivity contribution in [1.29, 1.82) is 0 Å². The third kappa shape index (κ3) is 3.97. The monoisotopic (exact) mass is 357 g/mol. The molecule has 1 aliphatic heterocycles. The third-order valence-electron chi connectivity index (χ3n) is 4.86. The van der Waals surface area contributed by atoms with Gasteiger partial charge < -0.3 is 15.1 Å². The molecule has 1 heterocycles. The molecule has 2 unspecified atom stereocenters. The lowest BCUT2D eigenvalue weighted by Crippen LogP contribution is -2.37. The van der Waals surface area contributed by atoms with E-state index < -0.39 is 0 Å². The summed E-state index contributed by atoms with van der Waals surface area (Å²) in [6.07, 6.45) is 0. The lowest BCUT2D eigenvalue weighted by molar-refractivity contribution is 0.216. The highest BCUT2D eigenvalue weighted by molar-refractivity contribution is 6.33. The predicted molar refractivity (Wildman–Crippen MR) is 103 cm³/mol. The Labute approximate surface area is 154 Å². The maximum atomic E-state index is 12.7. The first kappa shape index (κ1) is 17.8.